The number of fused-ring (bicyclic) bond motifs is 1. The number of halogens is 1. The van der Waals surface area contributed by atoms with Gasteiger partial charge in [-0.3, -0.25) is 0 Å². The van der Waals surface area contributed by atoms with Gasteiger partial charge in [-0.1, -0.05) is 42.5 Å². The van der Waals surface area contributed by atoms with Crippen molar-refractivity contribution in [2.45, 2.75) is 0 Å². The quantitative estimate of drug-likeness (QED) is 0.657. The van der Waals surface area contributed by atoms with E-state index in [9.17, 15) is 5.26 Å². The highest BCUT2D eigenvalue weighted by molar-refractivity contribution is 14.1. The van der Waals surface area contributed by atoms with Gasteiger partial charge in [0, 0.05) is 8.96 Å². The SMILES string of the molecule is N#Cc1c(-c2ccccc2)[nH]c2c(I)cccc12. The molecule has 0 unspecified atom stereocenters. The van der Waals surface area contributed by atoms with Gasteiger partial charge in [-0.2, -0.15) is 5.26 Å². The van der Waals surface area contributed by atoms with Crippen molar-refractivity contribution < 1.29 is 0 Å². The lowest BCUT2D eigenvalue weighted by atomic mass is 10.1. The van der Waals surface area contributed by atoms with Gasteiger partial charge in [0.15, 0.2) is 0 Å². The lowest BCUT2D eigenvalue weighted by Gasteiger charge is -1.97. The van der Waals surface area contributed by atoms with Crippen molar-refractivity contribution in [3.05, 3.63) is 57.7 Å². The van der Waals surface area contributed by atoms with Gasteiger partial charge in [0.2, 0.25) is 0 Å². The Bertz CT molecular complexity index is 751. The molecule has 1 aromatic heterocycles. The first-order valence-corrected chi connectivity index (χ1v) is 6.65. The Labute approximate surface area is 118 Å². The van der Waals surface area contributed by atoms with Crippen LogP contribution in [0.25, 0.3) is 22.2 Å². The zero-order chi connectivity index (χ0) is 12.5. The van der Waals surface area contributed by atoms with E-state index < -0.39 is 0 Å². The molecule has 0 bridgehead atoms. The summed E-state index contributed by atoms with van der Waals surface area (Å²) < 4.78 is 1.13. The second-order valence-corrected chi connectivity index (χ2v) is 5.18. The van der Waals surface area contributed by atoms with Crippen molar-refractivity contribution in [3.63, 3.8) is 0 Å². The maximum Gasteiger partial charge on any atom is 0.102 e. The van der Waals surface area contributed by atoms with E-state index in [1.165, 1.54) is 0 Å². The molecule has 2 nitrogen and oxygen atoms in total. The van der Waals surface area contributed by atoms with Crippen molar-refractivity contribution >= 4 is 33.5 Å². The minimum Gasteiger partial charge on any atom is -0.353 e. The molecule has 0 fully saturated rings. The standard InChI is InChI=1S/C15H9IN2/c16-13-8-4-7-11-12(9-17)14(18-15(11)13)10-5-2-1-3-6-10/h1-8,18H. The van der Waals surface area contributed by atoms with Crippen LogP contribution in [0, 0.1) is 14.9 Å². The van der Waals surface area contributed by atoms with Gasteiger partial charge in [0.05, 0.1) is 16.8 Å². The molecule has 0 aliphatic rings. The summed E-state index contributed by atoms with van der Waals surface area (Å²) in [5, 5.41) is 10.4. The topological polar surface area (TPSA) is 39.6 Å². The molecule has 18 heavy (non-hydrogen) atoms. The van der Waals surface area contributed by atoms with E-state index >= 15 is 0 Å². The summed E-state index contributed by atoms with van der Waals surface area (Å²) in [6.07, 6.45) is 0. The van der Waals surface area contributed by atoms with Crippen LogP contribution in [0.2, 0.25) is 0 Å². The van der Waals surface area contributed by atoms with Crippen LogP contribution in [-0.4, -0.2) is 4.98 Å². The van der Waals surface area contributed by atoms with Gasteiger partial charge >= 0.3 is 0 Å². The fraction of sp³-hybridized carbons (Fsp3) is 0. The first-order valence-electron chi connectivity index (χ1n) is 5.57. The minimum atomic E-state index is 0.717. The highest BCUT2D eigenvalue weighted by Gasteiger charge is 2.13. The van der Waals surface area contributed by atoms with Gasteiger partial charge in [-0.15, -0.1) is 0 Å². The van der Waals surface area contributed by atoms with E-state index in [0.29, 0.717) is 0 Å². The molecule has 0 aliphatic carbocycles. The Morgan fingerprint density at radius 1 is 1.00 bits per heavy atom. The predicted octanol–water partition coefficient (Wildman–Crippen LogP) is 4.31. The Kier molecular flexibility index (Phi) is 2.80. The molecule has 0 atom stereocenters. The van der Waals surface area contributed by atoms with Crippen LogP contribution in [0.3, 0.4) is 0 Å². The van der Waals surface area contributed by atoms with Gasteiger partial charge in [-0.05, 0) is 34.2 Å². The van der Waals surface area contributed by atoms with Crippen LogP contribution in [0.15, 0.2) is 48.5 Å². The van der Waals surface area contributed by atoms with Crippen LogP contribution in [-0.2, 0) is 0 Å². The van der Waals surface area contributed by atoms with Crippen LogP contribution < -0.4 is 0 Å². The second kappa shape index (κ2) is 4.46. The first-order chi connectivity index (χ1) is 8.81. The van der Waals surface area contributed by atoms with Gasteiger partial charge in [0.1, 0.15) is 6.07 Å². The lowest BCUT2D eigenvalue weighted by molar-refractivity contribution is 1.42. The average molecular weight is 344 g/mol. The molecule has 86 valence electrons. The molecule has 3 aromatic rings. The summed E-state index contributed by atoms with van der Waals surface area (Å²) >= 11 is 2.28. The number of nitrogens with zero attached hydrogens (tertiary/aromatic N) is 1. The third-order valence-corrected chi connectivity index (χ3v) is 3.86. The van der Waals surface area contributed by atoms with E-state index in [1.807, 2.05) is 48.5 Å². The Morgan fingerprint density at radius 2 is 1.78 bits per heavy atom. The number of para-hydroxylation sites is 1. The van der Waals surface area contributed by atoms with Crippen LogP contribution in [0.1, 0.15) is 5.56 Å². The minimum absolute atomic E-state index is 0.717. The summed E-state index contributed by atoms with van der Waals surface area (Å²) in [6, 6.07) is 18.3. The molecule has 0 spiro atoms. The maximum absolute atomic E-state index is 9.39. The summed E-state index contributed by atoms with van der Waals surface area (Å²) in [7, 11) is 0. The largest absolute Gasteiger partial charge is 0.353 e. The monoisotopic (exact) mass is 344 g/mol. The zero-order valence-corrected chi connectivity index (χ0v) is 11.6. The average Bonchev–Trinajstić information content (AvgIpc) is 2.80. The number of hydrogen-bond acceptors (Lipinski definition) is 1. The normalized spacial score (nSPS) is 10.4. The predicted molar refractivity (Wildman–Crippen MR) is 81.2 cm³/mol. The van der Waals surface area contributed by atoms with E-state index in [4.69, 9.17) is 0 Å². The smallest absolute Gasteiger partial charge is 0.102 e. The van der Waals surface area contributed by atoms with Crippen LogP contribution in [0.5, 0.6) is 0 Å². The highest BCUT2D eigenvalue weighted by atomic mass is 127. The molecule has 0 aliphatic heterocycles. The number of aromatic amines is 1. The lowest BCUT2D eigenvalue weighted by Crippen LogP contribution is -1.80. The van der Waals surface area contributed by atoms with E-state index in [-0.39, 0.29) is 0 Å². The second-order valence-electron chi connectivity index (χ2n) is 4.02. The molecule has 0 saturated carbocycles. The number of nitriles is 1. The molecule has 3 rings (SSSR count). The Balaban J connectivity index is 2.38. The molecule has 0 radical (unpaired) electrons. The van der Waals surface area contributed by atoms with Crippen molar-refractivity contribution in [1.29, 1.82) is 5.26 Å². The Morgan fingerprint density at radius 3 is 2.50 bits per heavy atom. The van der Waals surface area contributed by atoms with E-state index in [2.05, 4.69) is 33.6 Å². The van der Waals surface area contributed by atoms with Gasteiger partial charge in [0.25, 0.3) is 0 Å². The Hall–Kier alpha value is -1.80. The van der Waals surface area contributed by atoms with Crippen molar-refractivity contribution in [3.8, 4) is 17.3 Å². The summed E-state index contributed by atoms with van der Waals surface area (Å²) in [5.41, 5.74) is 3.70. The van der Waals surface area contributed by atoms with Crippen LogP contribution >= 0.6 is 22.6 Å². The molecule has 1 N–H and O–H groups in total. The number of hydrogen-bond donors (Lipinski definition) is 1. The summed E-state index contributed by atoms with van der Waals surface area (Å²) in [6.45, 7) is 0. The molecular formula is C15H9IN2. The summed E-state index contributed by atoms with van der Waals surface area (Å²) in [4.78, 5) is 3.37. The van der Waals surface area contributed by atoms with Crippen molar-refractivity contribution in [2.24, 2.45) is 0 Å². The van der Waals surface area contributed by atoms with E-state index in [1.54, 1.807) is 0 Å². The third-order valence-electron chi connectivity index (χ3n) is 2.96. The highest BCUT2D eigenvalue weighted by Crippen LogP contribution is 2.31. The fourth-order valence-corrected chi connectivity index (χ4v) is 2.75. The molecule has 3 heteroatoms. The summed E-state index contributed by atoms with van der Waals surface area (Å²) in [5.74, 6) is 0. The zero-order valence-electron chi connectivity index (χ0n) is 9.44. The number of benzene rings is 2. The van der Waals surface area contributed by atoms with Crippen LogP contribution in [0.4, 0.5) is 0 Å². The third kappa shape index (κ3) is 1.70. The number of aromatic nitrogens is 1. The molecule has 2 aromatic carbocycles. The molecule has 1 heterocycles. The molecular weight excluding hydrogens is 335 g/mol. The van der Waals surface area contributed by atoms with Gasteiger partial charge < -0.3 is 4.98 Å². The van der Waals surface area contributed by atoms with Gasteiger partial charge in [-0.25, -0.2) is 0 Å². The number of nitrogens with one attached hydrogen (secondary N) is 1. The molecule has 0 saturated heterocycles. The number of rotatable bonds is 1. The maximum atomic E-state index is 9.39. The fourth-order valence-electron chi connectivity index (χ4n) is 2.12. The van der Waals surface area contributed by atoms with Crippen molar-refractivity contribution in [2.75, 3.05) is 0 Å². The first kappa shape index (κ1) is 11.3. The number of H-pyrrole nitrogens is 1. The van der Waals surface area contributed by atoms with E-state index in [0.717, 1.165) is 31.3 Å². The molecule has 0 amide bonds. The van der Waals surface area contributed by atoms with Crippen molar-refractivity contribution in [1.82, 2.24) is 4.98 Å².